The molecule has 4 unspecified atom stereocenters. The molecule has 2 aliphatic carbocycles. The fraction of sp³-hybridized carbons (Fsp3) is 0.571. The van der Waals surface area contributed by atoms with E-state index in [9.17, 15) is 4.79 Å². The number of piperidine rings is 1. The largest absolute Gasteiger partial charge is 0.334 e. The number of carbonyl (C=O) groups is 1. The number of rotatable bonds is 4. The summed E-state index contributed by atoms with van der Waals surface area (Å²) in [6.07, 6.45) is 13.5. The van der Waals surface area contributed by atoms with E-state index in [1.807, 2.05) is 13.1 Å². The summed E-state index contributed by atoms with van der Waals surface area (Å²) in [5.74, 6) is 2.32. The van der Waals surface area contributed by atoms with E-state index >= 15 is 0 Å². The predicted molar refractivity (Wildman–Crippen MR) is 99.5 cm³/mol. The first-order valence-electron chi connectivity index (χ1n) is 9.18. The molecule has 130 valence electrons. The van der Waals surface area contributed by atoms with Gasteiger partial charge < -0.3 is 10.2 Å². The van der Waals surface area contributed by atoms with Gasteiger partial charge in [0, 0.05) is 6.54 Å². The molecule has 1 saturated carbocycles. The molecule has 0 aromatic heterocycles. The normalized spacial score (nSPS) is 39.2. The van der Waals surface area contributed by atoms with Gasteiger partial charge in [0.15, 0.2) is 0 Å². The second-order valence-corrected chi connectivity index (χ2v) is 7.72. The fourth-order valence-electron chi connectivity index (χ4n) is 4.53. The van der Waals surface area contributed by atoms with Gasteiger partial charge in [0.1, 0.15) is 0 Å². The Balaban J connectivity index is 1.77. The van der Waals surface area contributed by atoms with E-state index in [1.165, 1.54) is 6.42 Å². The molecule has 24 heavy (non-hydrogen) atoms. The Bertz CT molecular complexity index is 576. The summed E-state index contributed by atoms with van der Waals surface area (Å²) in [6.45, 7) is 11.3. The van der Waals surface area contributed by atoms with E-state index < -0.39 is 0 Å². The lowest BCUT2D eigenvalue weighted by atomic mass is 9.84. The van der Waals surface area contributed by atoms with Crippen molar-refractivity contribution in [3.63, 3.8) is 0 Å². The summed E-state index contributed by atoms with van der Waals surface area (Å²) in [6, 6.07) is 0.0825. The van der Waals surface area contributed by atoms with Crippen LogP contribution >= 0.6 is 0 Å². The van der Waals surface area contributed by atoms with Crippen LogP contribution in [-0.4, -0.2) is 36.5 Å². The Kier molecular flexibility index (Phi) is 5.09. The second-order valence-electron chi connectivity index (χ2n) is 7.72. The maximum Gasteiger partial charge on any atom is 0.240 e. The van der Waals surface area contributed by atoms with Crippen molar-refractivity contribution in [3.05, 3.63) is 49.1 Å². The third kappa shape index (κ3) is 3.41. The van der Waals surface area contributed by atoms with Crippen LogP contribution in [0.5, 0.6) is 0 Å². The van der Waals surface area contributed by atoms with Gasteiger partial charge in [-0.25, -0.2) is 0 Å². The molecule has 1 amide bonds. The quantitative estimate of drug-likeness (QED) is 0.804. The number of fused-ring (bicyclic) bond motifs is 1. The lowest BCUT2D eigenvalue weighted by Gasteiger charge is -2.34. The molecular formula is C21H30N2O. The average Bonchev–Trinajstić information content (AvgIpc) is 3.20. The molecule has 1 saturated heterocycles. The van der Waals surface area contributed by atoms with Crippen LogP contribution in [0, 0.1) is 23.7 Å². The van der Waals surface area contributed by atoms with E-state index in [1.54, 1.807) is 0 Å². The van der Waals surface area contributed by atoms with Crippen LogP contribution in [0.25, 0.3) is 0 Å². The Morgan fingerprint density at radius 1 is 1.42 bits per heavy atom. The molecule has 3 nitrogen and oxygen atoms in total. The summed E-state index contributed by atoms with van der Waals surface area (Å²) < 4.78 is 0. The molecule has 3 heteroatoms. The van der Waals surface area contributed by atoms with Crippen LogP contribution in [0.4, 0.5) is 0 Å². The lowest BCUT2D eigenvalue weighted by molar-refractivity contribution is -0.135. The van der Waals surface area contributed by atoms with Crippen LogP contribution in [-0.2, 0) is 4.79 Å². The predicted octanol–water partition coefficient (Wildman–Crippen LogP) is 3.32. The molecule has 0 radical (unpaired) electrons. The minimum absolute atomic E-state index is 0.149. The number of allylic oxidation sites excluding steroid dienone is 5. The van der Waals surface area contributed by atoms with Crippen LogP contribution in [0.1, 0.15) is 26.2 Å². The number of hydrogen-bond donors (Lipinski definition) is 1. The monoisotopic (exact) mass is 326 g/mol. The molecule has 0 bridgehead atoms. The molecule has 3 rings (SSSR count). The molecule has 6 atom stereocenters. The number of likely N-dealkylation sites (N-methyl/N-ethyl adjacent to an activating group) is 1. The Labute approximate surface area is 146 Å². The van der Waals surface area contributed by atoms with Crippen LogP contribution in [0.15, 0.2) is 49.1 Å². The summed E-state index contributed by atoms with van der Waals surface area (Å²) >= 11 is 0. The second kappa shape index (κ2) is 7.10. The van der Waals surface area contributed by atoms with Crippen molar-refractivity contribution < 1.29 is 4.79 Å². The number of carbonyl (C=O) groups excluding carboxylic acids is 1. The smallest absolute Gasteiger partial charge is 0.240 e. The maximum absolute atomic E-state index is 13.3. The highest BCUT2D eigenvalue weighted by Gasteiger charge is 2.53. The average molecular weight is 326 g/mol. The van der Waals surface area contributed by atoms with Crippen LogP contribution in [0.2, 0.25) is 0 Å². The highest BCUT2D eigenvalue weighted by Crippen LogP contribution is 2.50. The topological polar surface area (TPSA) is 32.3 Å². The van der Waals surface area contributed by atoms with E-state index in [0.717, 1.165) is 25.0 Å². The Hall–Kier alpha value is -1.61. The van der Waals surface area contributed by atoms with Gasteiger partial charge in [-0.15, -0.1) is 6.58 Å². The number of likely N-dealkylation sites (tertiary alicyclic amines) is 1. The van der Waals surface area contributed by atoms with Gasteiger partial charge in [-0.2, -0.15) is 0 Å². The van der Waals surface area contributed by atoms with Crippen LogP contribution in [0.3, 0.4) is 0 Å². The zero-order valence-corrected chi connectivity index (χ0v) is 14.9. The number of nitrogens with one attached hydrogen (secondary N) is 1. The van der Waals surface area contributed by atoms with Crippen molar-refractivity contribution in [1.29, 1.82) is 0 Å². The Morgan fingerprint density at radius 3 is 2.92 bits per heavy atom. The zero-order valence-electron chi connectivity index (χ0n) is 14.9. The molecule has 1 heterocycles. The van der Waals surface area contributed by atoms with Gasteiger partial charge >= 0.3 is 0 Å². The Morgan fingerprint density at radius 2 is 2.21 bits per heavy atom. The van der Waals surface area contributed by atoms with Gasteiger partial charge in [0.2, 0.25) is 5.91 Å². The van der Waals surface area contributed by atoms with Crippen LogP contribution < -0.4 is 5.32 Å². The van der Waals surface area contributed by atoms with Crippen molar-refractivity contribution in [1.82, 2.24) is 10.2 Å². The molecule has 2 fully saturated rings. The standard InChI is InChI=1S/C21H30N2O/c1-5-19-18-12-17(18)13-23(19)21(24)20(22-4)16-10-14(2)8-6-7-9-15(3)11-16/h5-9,15-20,22H,1-2,10-13H2,3-4H3/b8-6-,9-7-/t15?,16?,17-,18-,19?,20?/m0/s1. The summed E-state index contributed by atoms with van der Waals surface area (Å²) in [5, 5.41) is 3.32. The maximum atomic E-state index is 13.3. The van der Waals surface area contributed by atoms with Gasteiger partial charge in [0.25, 0.3) is 0 Å². The first-order chi connectivity index (χ1) is 11.5. The summed E-state index contributed by atoms with van der Waals surface area (Å²) in [5.41, 5.74) is 1.09. The van der Waals surface area contributed by atoms with Gasteiger partial charge in [-0.1, -0.05) is 49.5 Å². The number of amides is 1. The minimum atomic E-state index is -0.149. The third-order valence-electron chi connectivity index (χ3n) is 5.86. The zero-order chi connectivity index (χ0) is 17.3. The first kappa shape index (κ1) is 17.2. The molecule has 3 aliphatic rings. The van der Waals surface area contributed by atoms with Crippen molar-refractivity contribution in [3.8, 4) is 0 Å². The lowest BCUT2D eigenvalue weighted by Crippen LogP contribution is -2.51. The molecule has 1 N–H and O–H groups in total. The van der Waals surface area contributed by atoms with Crippen molar-refractivity contribution in [2.45, 2.75) is 38.3 Å². The van der Waals surface area contributed by atoms with E-state index in [0.29, 0.717) is 17.8 Å². The number of nitrogens with zero attached hydrogens (tertiary/aromatic N) is 1. The minimum Gasteiger partial charge on any atom is -0.334 e. The van der Waals surface area contributed by atoms with Crippen molar-refractivity contribution in [2.24, 2.45) is 23.7 Å². The molecule has 0 spiro atoms. The van der Waals surface area contributed by atoms with Crippen molar-refractivity contribution >= 4 is 5.91 Å². The highest BCUT2D eigenvalue weighted by molar-refractivity contribution is 5.83. The van der Waals surface area contributed by atoms with Gasteiger partial charge in [-0.05, 0) is 50.0 Å². The van der Waals surface area contributed by atoms with E-state index in [4.69, 9.17) is 0 Å². The summed E-state index contributed by atoms with van der Waals surface area (Å²) in [4.78, 5) is 15.3. The SMILES string of the molecule is C=CC1[C@H]2C[C@H]2CN1C(=O)C(NC)C1CC(=C)/C=C\C=C/C(C)C1. The fourth-order valence-corrected chi connectivity index (χ4v) is 4.53. The first-order valence-corrected chi connectivity index (χ1v) is 9.18. The molecular weight excluding hydrogens is 296 g/mol. The summed E-state index contributed by atoms with van der Waals surface area (Å²) in [7, 11) is 1.91. The van der Waals surface area contributed by atoms with E-state index in [2.05, 4.69) is 54.6 Å². The molecule has 1 aliphatic heterocycles. The highest BCUT2D eigenvalue weighted by atomic mass is 16.2. The third-order valence-corrected chi connectivity index (χ3v) is 5.86. The number of hydrogen-bond acceptors (Lipinski definition) is 2. The van der Waals surface area contributed by atoms with Gasteiger partial charge in [0.05, 0.1) is 12.1 Å². The van der Waals surface area contributed by atoms with Crippen molar-refractivity contribution in [2.75, 3.05) is 13.6 Å². The van der Waals surface area contributed by atoms with E-state index in [-0.39, 0.29) is 23.9 Å². The molecule has 0 aromatic rings. The van der Waals surface area contributed by atoms with Gasteiger partial charge in [-0.3, -0.25) is 4.79 Å². The molecule has 0 aromatic carbocycles.